The van der Waals surface area contributed by atoms with Gasteiger partial charge >= 0.3 is 114 Å². The van der Waals surface area contributed by atoms with Crippen molar-refractivity contribution in [3.8, 4) is 0 Å². The Kier molecular flexibility index (Phi) is 6.25. The first-order valence-electron chi connectivity index (χ1n) is 5.70. The van der Waals surface area contributed by atoms with Crippen LogP contribution >= 0.6 is 12.6 Å². The van der Waals surface area contributed by atoms with Gasteiger partial charge in [0.25, 0.3) is 0 Å². The molecule has 1 rings (SSSR count). The van der Waals surface area contributed by atoms with Gasteiger partial charge in [0, 0.05) is 0 Å². The van der Waals surface area contributed by atoms with Crippen molar-refractivity contribution in [3.05, 3.63) is 0 Å². The number of rotatable bonds is 6. The van der Waals surface area contributed by atoms with E-state index in [1.165, 1.54) is 0 Å². The fourth-order valence-electron chi connectivity index (χ4n) is 1.70. The quantitative estimate of drug-likeness (QED) is 0.379. The van der Waals surface area contributed by atoms with Crippen LogP contribution in [0.2, 0.25) is 16.6 Å². The molecule has 1 aliphatic heterocycles. The topological polar surface area (TPSA) is 96.2 Å². The van der Waals surface area contributed by atoms with Crippen LogP contribution in [0.3, 0.4) is 0 Å². The summed E-state index contributed by atoms with van der Waals surface area (Å²) in [5, 5.41) is 29.0. The summed E-state index contributed by atoms with van der Waals surface area (Å²) < 4.78 is 22.2. The van der Waals surface area contributed by atoms with Gasteiger partial charge in [0.1, 0.15) is 0 Å². The van der Waals surface area contributed by atoms with E-state index >= 15 is 0 Å². The molecule has 0 aromatic carbocycles. The van der Waals surface area contributed by atoms with Crippen molar-refractivity contribution in [2.75, 3.05) is 12.4 Å². The van der Waals surface area contributed by atoms with E-state index in [0.29, 0.717) is 0 Å². The molecule has 0 bridgehead atoms. The first kappa shape index (κ1) is 16.6. The van der Waals surface area contributed by atoms with Crippen molar-refractivity contribution in [1.29, 1.82) is 0 Å². The summed E-state index contributed by atoms with van der Waals surface area (Å²) in [6.45, 7) is -0.0361. The number of hydrogen-bond acceptors (Lipinski definition) is 7. The maximum atomic E-state index is 11.7. The van der Waals surface area contributed by atoms with Crippen molar-refractivity contribution in [2.24, 2.45) is 0 Å². The van der Waals surface area contributed by atoms with Gasteiger partial charge in [0.05, 0.1) is 0 Å². The van der Waals surface area contributed by atoms with Gasteiger partial charge in [-0.05, 0) is 0 Å². The summed E-state index contributed by atoms with van der Waals surface area (Å²) in [5.41, 5.74) is 3.30. The van der Waals surface area contributed by atoms with E-state index in [-0.39, 0.29) is 17.6 Å². The van der Waals surface area contributed by atoms with E-state index in [0.717, 1.165) is 0 Å². The third-order valence-corrected chi connectivity index (χ3v) is 5.62. The van der Waals surface area contributed by atoms with Gasteiger partial charge in [-0.15, -0.1) is 0 Å². The summed E-state index contributed by atoms with van der Waals surface area (Å²) in [5.74, 6) is 0.233. The molecular formula is C10H21AsO6S. The summed E-state index contributed by atoms with van der Waals surface area (Å²) in [4.78, 5) is 0. The summed E-state index contributed by atoms with van der Waals surface area (Å²) in [7, 11) is 0. The zero-order valence-corrected chi connectivity index (χ0v) is 13.2. The summed E-state index contributed by atoms with van der Waals surface area (Å²) >= 11 is 0.923. The van der Waals surface area contributed by atoms with Gasteiger partial charge in [-0.3, -0.25) is 0 Å². The van der Waals surface area contributed by atoms with Gasteiger partial charge in [-0.2, -0.15) is 0 Å². The van der Waals surface area contributed by atoms with Crippen LogP contribution in [-0.2, 0) is 13.2 Å². The Morgan fingerprint density at radius 2 is 2.00 bits per heavy atom. The molecule has 0 amide bonds. The molecule has 8 heteroatoms. The fraction of sp³-hybridized carbons (Fsp3) is 1.00. The van der Waals surface area contributed by atoms with Gasteiger partial charge < -0.3 is 0 Å². The molecule has 6 nitrogen and oxygen atoms in total. The number of hydrogen-bond donors (Lipinski definition) is 4. The van der Waals surface area contributed by atoms with Crippen LogP contribution in [0.5, 0.6) is 0 Å². The van der Waals surface area contributed by atoms with E-state index in [4.69, 9.17) is 9.47 Å². The van der Waals surface area contributed by atoms with Gasteiger partial charge in [0.15, 0.2) is 0 Å². The van der Waals surface area contributed by atoms with Crippen molar-refractivity contribution >= 4 is 26.1 Å². The second-order valence-electron chi connectivity index (χ2n) is 4.95. The van der Waals surface area contributed by atoms with E-state index in [1.54, 1.807) is 11.4 Å². The molecule has 0 radical (unpaired) electrons. The Morgan fingerprint density at radius 3 is 2.50 bits per heavy atom. The van der Waals surface area contributed by atoms with E-state index in [2.05, 4.69) is 12.6 Å². The Hall–Kier alpha value is 0.508. The van der Waals surface area contributed by atoms with Crippen LogP contribution in [0.4, 0.5) is 0 Å². The number of thiol groups is 1. The molecule has 1 saturated heterocycles. The zero-order valence-electron chi connectivity index (χ0n) is 10.5. The van der Waals surface area contributed by atoms with Gasteiger partial charge in [-0.25, -0.2) is 0 Å². The molecule has 5 atom stereocenters. The second kappa shape index (κ2) is 6.79. The predicted molar refractivity (Wildman–Crippen MR) is 69.5 cm³/mol. The minimum absolute atomic E-state index is 0.0361. The Balaban J connectivity index is 2.51. The van der Waals surface area contributed by atoms with Crippen LogP contribution in [-0.4, -0.2) is 71.9 Å². The number of aliphatic hydroxyl groups excluding tert-OH is 3. The third-order valence-electron chi connectivity index (χ3n) is 2.60. The summed E-state index contributed by atoms with van der Waals surface area (Å²) in [6, 6.07) is 0. The molecule has 3 N–H and O–H groups in total. The van der Waals surface area contributed by atoms with E-state index < -0.39 is 44.2 Å². The van der Waals surface area contributed by atoms with Crippen molar-refractivity contribution in [1.82, 2.24) is 0 Å². The Labute approximate surface area is 114 Å². The molecule has 1 unspecified atom stereocenters. The summed E-state index contributed by atoms with van der Waals surface area (Å²) in [6.07, 6.45) is -4.74. The molecular weight excluding hydrogens is 323 g/mol. The molecule has 0 aromatic heterocycles. The SMILES string of the molecule is C[As](C)(=O)C[C@H]1O[C@@H](OCC(O)CS)[C@H](O)[C@@H]1O. The first-order valence-corrected chi connectivity index (χ1v) is 12.2. The van der Waals surface area contributed by atoms with Crippen LogP contribution in [0.1, 0.15) is 0 Å². The number of aliphatic hydroxyl groups is 3. The third kappa shape index (κ3) is 4.89. The minimum atomic E-state index is -2.97. The standard InChI is InChI=1S/C10H21AsO6S/c1-11(2,15)3-7-8(13)9(14)10(17-7)16-4-6(12)5-18/h6-10,12-14,18H,3-5H2,1-2H3/t6?,7-,8-,9-,10-/m1/s1. The van der Waals surface area contributed by atoms with E-state index in [9.17, 15) is 19.1 Å². The molecule has 1 heterocycles. The molecule has 0 aromatic rings. The van der Waals surface area contributed by atoms with Crippen LogP contribution in [0, 0.1) is 0 Å². The zero-order chi connectivity index (χ0) is 13.9. The van der Waals surface area contributed by atoms with Crippen LogP contribution in [0.15, 0.2) is 0 Å². The average Bonchev–Trinajstić information content (AvgIpc) is 2.52. The molecule has 0 spiro atoms. The molecule has 18 heavy (non-hydrogen) atoms. The second-order valence-corrected chi connectivity index (χ2v) is 12.7. The Morgan fingerprint density at radius 1 is 1.39 bits per heavy atom. The normalized spacial score (nSPS) is 34.8. The predicted octanol–water partition coefficient (Wildman–Crippen LogP) is -0.624. The van der Waals surface area contributed by atoms with Crippen molar-refractivity contribution in [3.63, 3.8) is 0 Å². The van der Waals surface area contributed by atoms with E-state index in [1.807, 2.05) is 0 Å². The van der Waals surface area contributed by atoms with Crippen LogP contribution in [0.25, 0.3) is 0 Å². The maximum absolute atomic E-state index is 11.7. The first-order chi connectivity index (χ1) is 8.24. The van der Waals surface area contributed by atoms with Crippen molar-refractivity contribution < 1.29 is 28.5 Å². The van der Waals surface area contributed by atoms with Gasteiger partial charge in [-0.1, -0.05) is 0 Å². The monoisotopic (exact) mass is 344 g/mol. The molecule has 108 valence electrons. The molecule has 1 fully saturated rings. The molecule has 1 aliphatic rings. The fourth-order valence-corrected chi connectivity index (χ4v) is 4.25. The molecule has 0 saturated carbocycles. The number of ether oxygens (including phenoxy) is 2. The van der Waals surface area contributed by atoms with Crippen molar-refractivity contribution in [2.45, 2.75) is 47.3 Å². The van der Waals surface area contributed by atoms with Gasteiger partial charge in [0.2, 0.25) is 0 Å². The average molecular weight is 344 g/mol. The molecule has 0 aliphatic carbocycles. The van der Waals surface area contributed by atoms with Crippen LogP contribution < -0.4 is 0 Å². The Bertz CT molecular complexity index is 309.